The second kappa shape index (κ2) is 6.91. The summed E-state index contributed by atoms with van der Waals surface area (Å²) >= 11 is 0. The van der Waals surface area contributed by atoms with Gasteiger partial charge in [0.2, 0.25) is 5.78 Å². The van der Waals surface area contributed by atoms with Gasteiger partial charge in [-0.25, -0.2) is 4.79 Å². The molecule has 3 fully saturated rings. The molecule has 30 heavy (non-hydrogen) atoms. The molecule has 0 N–H and O–H groups in total. The highest BCUT2D eigenvalue weighted by molar-refractivity contribution is 6.00. The lowest BCUT2D eigenvalue weighted by molar-refractivity contribution is -0.218. The van der Waals surface area contributed by atoms with Gasteiger partial charge < -0.3 is 18.9 Å². The van der Waals surface area contributed by atoms with E-state index in [0.717, 1.165) is 12.0 Å². The summed E-state index contributed by atoms with van der Waals surface area (Å²) in [6.07, 6.45) is -1.12. The van der Waals surface area contributed by atoms with Crippen molar-refractivity contribution in [2.75, 3.05) is 18.1 Å². The predicted molar refractivity (Wildman–Crippen MR) is 107 cm³/mol. The minimum atomic E-state index is -1.66. The van der Waals surface area contributed by atoms with Crippen molar-refractivity contribution < 1.29 is 28.5 Å². The zero-order chi connectivity index (χ0) is 20.9. The van der Waals surface area contributed by atoms with Gasteiger partial charge in [-0.15, -0.1) is 0 Å². The Kier molecular flexibility index (Phi) is 4.43. The Bertz CT molecular complexity index is 973. The fraction of sp³-hybridized carbons (Fsp3) is 0.391. The van der Waals surface area contributed by atoms with Crippen molar-refractivity contribution in [3.8, 4) is 0 Å². The van der Waals surface area contributed by atoms with Crippen molar-refractivity contribution in [2.45, 2.75) is 44.1 Å². The van der Waals surface area contributed by atoms with Crippen LogP contribution in [0.15, 0.2) is 54.6 Å². The van der Waals surface area contributed by atoms with E-state index in [9.17, 15) is 9.59 Å². The molecule has 3 saturated heterocycles. The monoisotopic (exact) mass is 409 g/mol. The van der Waals surface area contributed by atoms with Crippen LogP contribution < -0.4 is 4.90 Å². The highest BCUT2D eigenvalue weighted by Gasteiger charge is 2.63. The van der Waals surface area contributed by atoms with E-state index < -0.39 is 35.7 Å². The molecule has 0 aliphatic carbocycles. The minimum absolute atomic E-state index is 0.0181. The predicted octanol–water partition coefficient (Wildman–Crippen LogP) is 3.05. The van der Waals surface area contributed by atoms with Gasteiger partial charge in [0.25, 0.3) is 5.79 Å². The van der Waals surface area contributed by atoms with Gasteiger partial charge in [-0.2, -0.15) is 0 Å². The highest BCUT2D eigenvalue weighted by Crippen LogP contribution is 2.40. The van der Waals surface area contributed by atoms with E-state index in [1.807, 2.05) is 42.5 Å². The third-order valence-corrected chi connectivity index (χ3v) is 5.64. The number of ether oxygens (including phenoxy) is 4. The second-order valence-electron chi connectivity index (χ2n) is 8.31. The van der Waals surface area contributed by atoms with Crippen molar-refractivity contribution in [2.24, 2.45) is 0 Å². The average molecular weight is 409 g/mol. The van der Waals surface area contributed by atoms with E-state index in [1.54, 1.807) is 13.8 Å². The van der Waals surface area contributed by atoms with E-state index in [4.69, 9.17) is 18.9 Å². The van der Waals surface area contributed by atoms with E-state index in [1.165, 1.54) is 10.5 Å². The maximum absolute atomic E-state index is 13.1. The van der Waals surface area contributed by atoms with Crippen LogP contribution in [-0.4, -0.2) is 48.8 Å². The normalized spacial score (nSPS) is 29.9. The molecular formula is C23H23NO6. The van der Waals surface area contributed by atoms with Crippen molar-refractivity contribution >= 4 is 17.6 Å². The first-order chi connectivity index (χ1) is 14.4. The number of carbonyl (C=O) groups is 2. The molecule has 1 amide bonds. The lowest BCUT2D eigenvalue weighted by Crippen LogP contribution is -2.59. The first-order valence-corrected chi connectivity index (χ1v) is 10.0. The summed E-state index contributed by atoms with van der Waals surface area (Å²) in [5, 5.41) is 0. The molecular weight excluding hydrogens is 386 g/mol. The van der Waals surface area contributed by atoms with Gasteiger partial charge in [-0.3, -0.25) is 9.69 Å². The topological polar surface area (TPSA) is 74.3 Å². The van der Waals surface area contributed by atoms with Crippen molar-refractivity contribution in [1.82, 2.24) is 0 Å². The van der Waals surface area contributed by atoms with Gasteiger partial charge in [0.1, 0.15) is 12.6 Å². The average Bonchev–Trinajstić information content (AvgIpc) is 3.23. The zero-order valence-corrected chi connectivity index (χ0v) is 16.9. The van der Waals surface area contributed by atoms with Crippen molar-refractivity contribution in [1.29, 1.82) is 0 Å². The number of carbonyl (C=O) groups excluding carboxylic acids is 2. The Morgan fingerprint density at radius 1 is 0.967 bits per heavy atom. The number of anilines is 1. The molecule has 3 heterocycles. The molecule has 2 aromatic carbocycles. The van der Waals surface area contributed by atoms with E-state index in [0.29, 0.717) is 5.69 Å². The number of hydrogen-bond acceptors (Lipinski definition) is 6. The van der Waals surface area contributed by atoms with E-state index in [2.05, 4.69) is 12.1 Å². The molecule has 0 aromatic heterocycles. The number of ketones is 1. The van der Waals surface area contributed by atoms with Crippen molar-refractivity contribution in [3.05, 3.63) is 65.7 Å². The summed E-state index contributed by atoms with van der Waals surface area (Å²) in [7, 11) is 0. The van der Waals surface area contributed by atoms with Crippen molar-refractivity contribution in [3.63, 3.8) is 0 Å². The number of rotatable bonds is 3. The van der Waals surface area contributed by atoms with E-state index in [-0.39, 0.29) is 13.2 Å². The summed E-state index contributed by atoms with van der Waals surface area (Å²) in [6, 6.07) is 17.8. The van der Waals surface area contributed by atoms with Crippen LogP contribution in [0.1, 0.15) is 25.0 Å². The van der Waals surface area contributed by atoms with Gasteiger partial charge in [0.15, 0.2) is 11.9 Å². The number of fused-ring (bicyclic) bond motifs is 1. The first-order valence-electron chi connectivity index (χ1n) is 10.0. The summed E-state index contributed by atoms with van der Waals surface area (Å²) in [5.41, 5.74) is 2.98. The molecule has 3 atom stereocenters. The molecule has 7 heteroatoms. The summed E-state index contributed by atoms with van der Waals surface area (Å²) in [6.45, 7) is 3.59. The van der Waals surface area contributed by atoms with Crippen LogP contribution in [0.4, 0.5) is 10.5 Å². The molecule has 3 aliphatic heterocycles. The van der Waals surface area contributed by atoms with Gasteiger partial charge in [-0.1, -0.05) is 42.5 Å². The zero-order valence-electron chi connectivity index (χ0n) is 16.9. The van der Waals surface area contributed by atoms with Crippen LogP contribution in [0.5, 0.6) is 0 Å². The Morgan fingerprint density at radius 2 is 1.67 bits per heavy atom. The third-order valence-electron chi connectivity index (χ3n) is 5.64. The van der Waals surface area contributed by atoms with Crippen LogP contribution in [0.25, 0.3) is 0 Å². The minimum Gasteiger partial charge on any atom is -0.407 e. The maximum atomic E-state index is 13.1. The standard InChI is InChI=1S/C23H23NO6/c1-22(2)28-18-13-27-23(20(25)19(18)29-22)14-24(21(26)30-23)17-10-8-16(9-11-17)12-15-6-4-3-5-7-15/h3-11,18-19H,12-14H2,1-2H3/t18-,19-,23+/m1/s1. The second-order valence-corrected chi connectivity index (χ2v) is 8.31. The van der Waals surface area contributed by atoms with Gasteiger partial charge in [0.05, 0.1) is 6.61 Å². The SMILES string of the molecule is CC1(C)O[C@@H]2CO[C@]3(CN(c4ccc(Cc5ccccc5)cc4)C(=O)O3)C(=O)[C@@H]2O1. The highest BCUT2D eigenvalue weighted by atomic mass is 16.8. The molecule has 0 unspecified atom stereocenters. The van der Waals surface area contributed by atoms with Crippen LogP contribution in [0.2, 0.25) is 0 Å². The largest absolute Gasteiger partial charge is 0.417 e. The number of nitrogens with zero attached hydrogens (tertiary/aromatic N) is 1. The van der Waals surface area contributed by atoms with Gasteiger partial charge in [-0.05, 0) is 43.5 Å². The quantitative estimate of drug-likeness (QED) is 0.776. The molecule has 156 valence electrons. The third kappa shape index (κ3) is 3.29. The molecule has 0 saturated carbocycles. The molecule has 5 rings (SSSR count). The molecule has 2 aromatic rings. The number of benzene rings is 2. The fourth-order valence-electron chi connectivity index (χ4n) is 4.21. The van der Waals surface area contributed by atoms with Gasteiger partial charge in [0, 0.05) is 5.69 Å². The van der Waals surface area contributed by atoms with Crippen LogP contribution in [0, 0.1) is 0 Å². The lowest BCUT2D eigenvalue weighted by Gasteiger charge is -2.34. The molecule has 3 aliphatic rings. The smallest absolute Gasteiger partial charge is 0.407 e. The summed E-state index contributed by atoms with van der Waals surface area (Å²) in [5.74, 6) is -2.96. The summed E-state index contributed by atoms with van der Waals surface area (Å²) < 4.78 is 22.6. The number of amides is 1. The Morgan fingerprint density at radius 3 is 2.40 bits per heavy atom. The summed E-state index contributed by atoms with van der Waals surface area (Å²) in [4.78, 5) is 27.1. The molecule has 0 radical (unpaired) electrons. The van der Waals surface area contributed by atoms with Crippen LogP contribution >= 0.6 is 0 Å². The maximum Gasteiger partial charge on any atom is 0.417 e. The lowest BCUT2D eigenvalue weighted by atomic mass is 9.98. The van der Waals surface area contributed by atoms with Gasteiger partial charge >= 0.3 is 6.09 Å². The number of hydrogen-bond donors (Lipinski definition) is 0. The molecule has 7 nitrogen and oxygen atoms in total. The first kappa shape index (κ1) is 19.2. The Labute approximate surface area is 174 Å². The number of Topliss-reactive ketones (excluding diaryl/α,β-unsaturated/α-hetero) is 1. The molecule has 1 spiro atoms. The van der Waals surface area contributed by atoms with Crippen LogP contribution in [0.3, 0.4) is 0 Å². The molecule has 0 bridgehead atoms. The Hall–Kier alpha value is -2.74. The Balaban J connectivity index is 1.32. The van der Waals surface area contributed by atoms with E-state index >= 15 is 0 Å². The fourth-order valence-corrected chi connectivity index (χ4v) is 4.21. The van der Waals surface area contributed by atoms with Crippen LogP contribution in [-0.2, 0) is 30.2 Å².